The van der Waals surface area contributed by atoms with Gasteiger partial charge in [0.05, 0.1) is 12.1 Å². The summed E-state index contributed by atoms with van der Waals surface area (Å²) in [6.07, 6.45) is 3.82. The number of fused-ring (bicyclic) bond motifs is 1. The molecule has 3 heterocycles. The van der Waals surface area contributed by atoms with Crippen molar-refractivity contribution in [2.75, 3.05) is 11.4 Å². The van der Waals surface area contributed by atoms with Crippen LogP contribution < -0.4 is 10.2 Å². The van der Waals surface area contributed by atoms with Crippen molar-refractivity contribution in [3.63, 3.8) is 0 Å². The van der Waals surface area contributed by atoms with Gasteiger partial charge in [-0.15, -0.1) is 11.3 Å². The van der Waals surface area contributed by atoms with Crippen LogP contribution in [0.5, 0.6) is 0 Å². The predicted molar refractivity (Wildman–Crippen MR) is 122 cm³/mol. The second-order valence-electron chi connectivity index (χ2n) is 7.64. The summed E-state index contributed by atoms with van der Waals surface area (Å²) < 4.78 is 1.99. The van der Waals surface area contributed by atoms with Crippen LogP contribution in [-0.4, -0.2) is 27.7 Å². The Morgan fingerprint density at radius 3 is 2.65 bits per heavy atom. The molecule has 1 fully saturated rings. The molecule has 5 rings (SSSR count). The SMILES string of the molecule is O=C(Cc1csc2nc(-c3ccccc3)cn12)NCc1ccc(N2CCCC2=O)cc1. The van der Waals surface area contributed by atoms with E-state index in [2.05, 4.69) is 10.3 Å². The topological polar surface area (TPSA) is 66.7 Å². The standard InChI is InChI=1S/C24H22N4O2S/c29-22(25-14-17-8-10-19(11-9-17)27-12-4-7-23(27)30)13-20-16-31-24-26-21(15-28(20)24)18-5-2-1-3-6-18/h1-3,5-6,8-11,15-16H,4,7,12-14H2,(H,25,29). The smallest absolute Gasteiger partial charge is 0.227 e. The van der Waals surface area contributed by atoms with E-state index in [1.165, 1.54) is 11.3 Å². The van der Waals surface area contributed by atoms with Crippen molar-refractivity contribution in [1.82, 2.24) is 14.7 Å². The lowest BCUT2D eigenvalue weighted by atomic mass is 10.2. The third kappa shape index (κ3) is 4.09. The normalized spacial score (nSPS) is 13.8. The zero-order valence-electron chi connectivity index (χ0n) is 17.0. The molecule has 156 valence electrons. The van der Waals surface area contributed by atoms with Crippen molar-refractivity contribution in [3.8, 4) is 11.3 Å². The molecule has 2 amide bonds. The first-order valence-corrected chi connectivity index (χ1v) is 11.2. The molecule has 1 N–H and O–H groups in total. The molecule has 0 spiro atoms. The molecule has 0 radical (unpaired) electrons. The summed E-state index contributed by atoms with van der Waals surface area (Å²) in [7, 11) is 0. The van der Waals surface area contributed by atoms with Crippen LogP contribution in [-0.2, 0) is 22.6 Å². The van der Waals surface area contributed by atoms with E-state index in [0.717, 1.165) is 46.1 Å². The monoisotopic (exact) mass is 430 g/mol. The second-order valence-corrected chi connectivity index (χ2v) is 8.48. The highest BCUT2D eigenvalue weighted by Gasteiger charge is 2.21. The highest BCUT2D eigenvalue weighted by atomic mass is 32.1. The van der Waals surface area contributed by atoms with Gasteiger partial charge in [0.15, 0.2) is 4.96 Å². The molecule has 7 heteroatoms. The van der Waals surface area contributed by atoms with Crippen molar-refractivity contribution in [3.05, 3.63) is 77.4 Å². The van der Waals surface area contributed by atoms with Crippen molar-refractivity contribution < 1.29 is 9.59 Å². The summed E-state index contributed by atoms with van der Waals surface area (Å²) in [6, 6.07) is 17.9. The van der Waals surface area contributed by atoms with Crippen LogP contribution in [0.1, 0.15) is 24.1 Å². The van der Waals surface area contributed by atoms with Gasteiger partial charge in [-0.3, -0.25) is 14.0 Å². The number of benzene rings is 2. The van der Waals surface area contributed by atoms with E-state index in [4.69, 9.17) is 0 Å². The first-order valence-electron chi connectivity index (χ1n) is 10.3. The van der Waals surface area contributed by atoms with Crippen molar-refractivity contribution >= 4 is 33.8 Å². The fourth-order valence-electron chi connectivity index (χ4n) is 3.85. The Morgan fingerprint density at radius 1 is 1.10 bits per heavy atom. The predicted octanol–water partition coefficient (Wildman–Crippen LogP) is 4.05. The Bertz CT molecular complexity index is 1230. The summed E-state index contributed by atoms with van der Waals surface area (Å²) in [5.74, 6) is 0.145. The number of thiazole rings is 1. The van der Waals surface area contributed by atoms with Crippen LogP contribution in [0.25, 0.3) is 16.2 Å². The number of carbonyl (C=O) groups is 2. The van der Waals surface area contributed by atoms with Crippen molar-refractivity contribution in [2.45, 2.75) is 25.8 Å². The number of amides is 2. The van der Waals surface area contributed by atoms with E-state index in [1.54, 1.807) is 0 Å². The molecule has 2 aromatic carbocycles. The highest BCUT2D eigenvalue weighted by Crippen LogP contribution is 2.24. The van der Waals surface area contributed by atoms with E-state index in [1.807, 2.05) is 75.5 Å². The van der Waals surface area contributed by atoms with Crippen LogP contribution in [0.2, 0.25) is 0 Å². The highest BCUT2D eigenvalue weighted by molar-refractivity contribution is 7.15. The van der Waals surface area contributed by atoms with Crippen LogP contribution in [0.15, 0.2) is 66.2 Å². The minimum atomic E-state index is -0.0338. The fraction of sp³-hybridized carbons (Fsp3) is 0.208. The van der Waals surface area contributed by atoms with Gasteiger partial charge in [-0.1, -0.05) is 42.5 Å². The summed E-state index contributed by atoms with van der Waals surface area (Å²) >= 11 is 1.54. The average molecular weight is 431 g/mol. The van der Waals surface area contributed by atoms with Gasteiger partial charge in [0.1, 0.15) is 0 Å². The van der Waals surface area contributed by atoms with Gasteiger partial charge in [-0.2, -0.15) is 0 Å². The summed E-state index contributed by atoms with van der Waals surface area (Å²) in [5.41, 5.74) is 4.83. The van der Waals surface area contributed by atoms with Crippen LogP contribution in [0, 0.1) is 0 Å². The lowest BCUT2D eigenvalue weighted by Crippen LogP contribution is -2.25. The first-order chi connectivity index (χ1) is 15.2. The Balaban J connectivity index is 1.21. The maximum atomic E-state index is 12.5. The van der Waals surface area contributed by atoms with Gasteiger partial charge in [0, 0.05) is 48.0 Å². The number of hydrogen-bond acceptors (Lipinski definition) is 4. The second kappa shape index (κ2) is 8.35. The van der Waals surface area contributed by atoms with Crippen LogP contribution in [0.4, 0.5) is 5.69 Å². The lowest BCUT2D eigenvalue weighted by Gasteiger charge is -2.16. The third-order valence-corrected chi connectivity index (χ3v) is 6.39. The third-order valence-electron chi connectivity index (χ3n) is 5.51. The van der Waals surface area contributed by atoms with Crippen LogP contribution in [0.3, 0.4) is 0 Å². The lowest BCUT2D eigenvalue weighted by molar-refractivity contribution is -0.120. The molecule has 0 atom stereocenters. The molecule has 0 bridgehead atoms. The molecule has 6 nitrogen and oxygen atoms in total. The van der Waals surface area contributed by atoms with E-state index >= 15 is 0 Å². The molecule has 1 aliphatic heterocycles. The number of nitrogens with zero attached hydrogens (tertiary/aromatic N) is 3. The summed E-state index contributed by atoms with van der Waals surface area (Å²) in [6.45, 7) is 1.24. The number of nitrogens with one attached hydrogen (secondary N) is 1. The molecular formula is C24H22N4O2S. The fourth-order valence-corrected chi connectivity index (χ4v) is 4.72. The Kier molecular flexibility index (Phi) is 5.26. The molecule has 1 saturated heterocycles. The van der Waals surface area contributed by atoms with E-state index in [0.29, 0.717) is 19.4 Å². The van der Waals surface area contributed by atoms with E-state index in [9.17, 15) is 9.59 Å². The van der Waals surface area contributed by atoms with Crippen molar-refractivity contribution in [1.29, 1.82) is 0 Å². The Morgan fingerprint density at radius 2 is 1.90 bits per heavy atom. The summed E-state index contributed by atoms with van der Waals surface area (Å²) in [4.78, 5) is 31.8. The maximum absolute atomic E-state index is 12.5. The van der Waals surface area contributed by atoms with Gasteiger partial charge < -0.3 is 10.2 Å². The van der Waals surface area contributed by atoms with Gasteiger partial charge in [-0.05, 0) is 24.1 Å². The largest absolute Gasteiger partial charge is 0.352 e. The van der Waals surface area contributed by atoms with E-state index in [-0.39, 0.29) is 11.8 Å². The number of imidazole rings is 1. The van der Waals surface area contributed by atoms with Crippen molar-refractivity contribution in [2.24, 2.45) is 0 Å². The minimum absolute atomic E-state index is 0.0338. The molecule has 2 aromatic heterocycles. The zero-order valence-corrected chi connectivity index (χ0v) is 17.8. The molecular weight excluding hydrogens is 408 g/mol. The maximum Gasteiger partial charge on any atom is 0.227 e. The molecule has 31 heavy (non-hydrogen) atoms. The van der Waals surface area contributed by atoms with E-state index < -0.39 is 0 Å². The number of carbonyl (C=O) groups excluding carboxylic acids is 2. The van der Waals surface area contributed by atoms with Gasteiger partial charge >= 0.3 is 0 Å². The molecule has 1 aliphatic rings. The summed E-state index contributed by atoms with van der Waals surface area (Å²) in [5, 5.41) is 4.97. The van der Waals surface area contributed by atoms with Gasteiger partial charge in [0.2, 0.25) is 11.8 Å². The first kappa shape index (κ1) is 19.5. The van der Waals surface area contributed by atoms with Gasteiger partial charge in [-0.25, -0.2) is 4.98 Å². The Labute approximate surface area is 184 Å². The number of hydrogen-bond donors (Lipinski definition) is 1. The zero-order chi connectivity index (χ0) is 21.2. The molecule has 0 unspecified atom stereocenters. The number of aromatic nitrogens is 2. The average Bonchev–Trinajstić information content (AvgIpc) is 3.50. The quantitative estimate of drug-likeness (QED) is 0.502. The van der Waals surface area contributed by atoms with Crippen LogP contribution >= 0.6 is 11.3 Å². The minimum Gasteiger partial charge on any atom is -0.352 e. The molecule has 0 aliphatic carbocycles. The Hall–Kier alpha value is -3.45. The molecule has 4 aromatic rings. The molecule has 0 saturated carbocycles. The number of rotatable bonds is 6. The van der Waals surface area contributed by atoms with Gasteiger partial charge in [0.25, 0.3) is 0 Å². The number of anilines is 1.